The summed E-state index contributed by atoms with van der Waals surface area (Å²) in [5, 5.41) is 7.24. The molecule has 1 aromatic heterocycles. The summed E-state index contributed by atoms with van der Waals surface area (Å²) < 4.78 is 20.1. The van der Waals surface area contributed by atoms with E-state index in [0.29, 0.717) is 0 Å². The molecule has 0 aromatic carbocycles. The highest BCUT2D eigenvalue weighted by Gasteiger charge is 2.16. The van der Waals surface area contributed by atoms with Crippen molar-refractivity contribution >= 4 is 23.9 Å². The normalized spacial score (nSPS) is 10.9. The van der Waals surface area contributed by atoms with E-state index < -0.39 is 29.9 Å². The summed E-state index contributed by atoms with van der Waals surface area (Å²) >= 11 is 0. The van der Waals surface area contributed by atoms with Crippen molar-refractivity contribution in [3.8, 4) is 0 Å². The zero-order valence-corrected chi connectivity index (χ0v) is 14.1. The monoisotopic (exact) mass is 367 g/mol. The molecule has 0 atom stereocenters. The highest BCUT2D eigenvalue weighted by atomic mass is 16.6. The molecule has 26 heavy (non-hydrogen) atoms. The van der Waals surface area contributed by atoms with Gasteiger partial charge in [0.25, 0.3) is 0 Å². The molecule has 0 saturated carbocycles. The summed E-state index contributed by atoms with van der Waals surface area (Å²) in [6.45, 7) is -0.368. The van der Waals surface area contributed by atoms with Gasteiger partial charge in [-0.25, -0.2) is 19.2 Å². The number of ether oxygens (including phenoxy) is 4. The minimum atomic E-state index is -0.787. The summed E-state index contributed by atoms with van der Waals surface area (Å²) in [5.41, 5.74) is 0. The second-order valence-electron chi connectivity index (χ2n) is 4.54. The topological polar surface area (TPSA) is 136 Å². The number of nitrogens with zero attached hydrogens (tertiary/aromatic N) is 3. The average Bonchev–Trinajstić information content (AvgIpc) is 3.18. The number of esters is 4. The summed E-state index contributed by atoms with van der Waals surface area (Å²) in [4.78, 5) is 44.9. The van der Waals surface area contributed by atoms with Crippen molar-refractivity contribution in [2.45, 2.75) is 6.04 Å². The lowest BCUT2D eigenvalue weighted by Gasteiger charge is -2.17. The Balaban J connectivity index is 2.58. The fourth-order valence-electron chi connectivity index (χ4n) is 1.48. The Morgan fingerprint density at radius 1 is 0.808 bits per heavy atom. The number of aromatic nitrogens is 3. The molecule has 0 N–H and O–H groups in total. The Labute approximate surface area is 148 Å². The van der Waals surface area contributed by atoms with Crippen LogP contribution in [0.5, 0.6) is 0 Å². The van der Waals surface area contributed by atoms with Crippen LogP contribution in [-0.2, 0) is 38.1 Å². The van der Waals surface area contributed by atoms with Gasteiger partial charge in [0.1, 0.15) is 31.9 Å². The van der Waals surface area contributed by atoms with Crippen LogP contribution in [0.1, 0.15) is 6.04 Å². The molecule has 140 valence electrons. The number of carbonyl (C=O) groups is 4. The third-order valence-corrected chi connectivity index (χ3v) is 2.81. The lowest BCUT2D eigenvalue weighted by atomic mass is 10.3. The van der Waals surface area contributed by atoms with Crippen LogP contribution in [0.15, 0.2) is 37.0 Å². The van der Waals surface area contributed by atoms with Gasteiger partial charge in [0.05, 0.1) is 14.2 Å². The number of carbonyl (C=O) groups excluding carboxylic acids is 4. The molecule has 0 bridgehead atoms. The first-order valence-corrected chi connectivity index (χ1v) is 7.16. The number of hydrogen-bond donors (Lipinski definition) is 0. The van der Waals surface area contributed by atoms with Crippen molar-refractivity contribution in [1.29, 1.82) is 0 Å². The van der Waals surface area contributed by atoms with Crippen LogP contribution in [0.2, 0.25) is 0 Å². The summed E-state index contributed by atoms with van der Waals surface area (Å²) in [7, 11) is 2.34. The van der Waals surface area contributed by atoms with Crippen LogP contribution in [0.3, 0.4) is 0 Å². The molecule has 1 aromatic rings. The van der Waals surface area contributed by atoms with E-state index >= 15 is 0 Å². The Kier molecular flexibility index (Phi) is 8.79. The van der Waals surface area contributed by atoms with Gasteiger partial charge in [0, 0.05) is 24.3 Å². The van der Waals surface area contributed by atoms with Crippen LogP contribution in [0.4, 0.5) is 0 Å². The van der Waals surface area contributed by atoms with Gasteiger partial charge in [-0.3, -0.25) is 0 Å². The van der Waals surface area contributed by atoms with Crippen LogP contribution in [0, 0.1) is 0 Å². The standard InChI is InChI=1S/C15H17N3O8/c1-23-12(19)3-5-14(21)25-7-11(18-9-16-17-10-18)8-26-15(22)6-4-13(20)24-2/h3-6,9-11H,7-8H2,1-2H3/b5-3+,6-4+. The van der Waals surface area contributed by atoms with Crippen LogP contribution >= 0.6 is 0 Å². The quantitative estimate of drug-likeness (QED) is 0.315. The highest BCUT2D eigenvalue weighted by molar-refractivity contribution is 5.92. The van der Waals surface area contributed by atoms with Gasteiger partial charge >= 0.3 is 23.9 Å². The molecule has 11 nitrogen and oxygen atoms in total. The van der Waals surface area contributed by atoms with Crippen molar-refractivity contribution < 1.29 is 38.1 Å². The predicted octanol–water partition coefficient (Wildman–Crippen LogP) is -0.636. The first-order chi connectivity index (χ1) is 12.5. The molecular weight excluding hydrogens is 350 g/mol. The Hall–Kier alpha value is -3.50. The molecule has 0 spiro atoms. The maximum absolute atomic E-state index is 11.6. The summed E-state index contributed by atoms with van der Waals surface area (Å²) in [6, 6.07) is -0.615. The van der Waals surface area contributed by atoms with Crippen molar-refractivity contribution in [1.82, 2.24) is 14.8 Å². The minimum Gasteiger partial charge on any atom is -0.466 e. The second-order valence-corrected chi connectivity index (χ2v) is 4.54. The number of methoxy groups -OCH3 is 2. The lowest BCUT2D eigenvalue weighted by Crippen LogP contribution is -2.23. The summed E-state index contributed by atoms with van der Waals surface area (Å²) in [5.74, 6) is -2.98. The van der Waals surface area contributed by atoms with Gasteiger partial charge in [-0.15, -0.1) is 10.2 Å². The van der Waals surface area contributed by atoms with Crippen molar-refractivity contribution in [3.63, 3.8) is 0 Å². The van der Waals surface area contributed by atoms with Gasteiger partial charge < -0.3 is 23.5 Å². The smallest absolute Gasteiger partial charge is 0.331 e. The van der Waals surface area contributed by atoms with E-state index in [2.05, 4.69) is 19.7 Å². The molecule has 0 fully saturated rings. The first kappa shape index (κ1) is 20.5. The largest absolute Gasteiger partial charge is 0.466 e. The third kappa shape index (κ3) is 7.86. The molecule has 0 radical (unpaired) electrons. The van der Waals surface area contributed by atoms with Crippen LogP contribution in [-0.4, -0.2) is 66.1 Å². The van der Waals surface area contributed by atoms with E-state index in [-0.39, 0.29) is 13.2 Å². The van der Waals surface area contributed by atoms with Crippen molar-refractivity contribution in [2.75, 3.05) is 27.4 Å². The molecule has 0 saturated heterocycles. The fraction of sp³-hybridized carbons (Fsp3) is 0.333. The van der Waals surface area contributed by atoms with E-state index in [4.69, 9.17) is 9.47 Å². The van der Waals surface area contributed by atoms with E-state index in [1.54, 1.807) is 0 Å². The number of rotatable bonds is 9. The van der Waals surface area contributed by atoms with Gasteiger partial charge in [0.2, 0.25) is 0 Å². The average molecular weight is 367 g/mol. The van der Waals surface area contributed by atoms with Crippen molar-refractivity contribution in [3.05, 3.63) is 37.0 Å². The maximum atomic E-state index is 11.6. The molecule has 0 aliphatic heterocycles. The Morgan fingerprint density at radius 3 is 1.58 bits per heavy atom. The van der Waals surface area contributed by atoms with Gasteiger partial charge in [-0.2, -0.15) is 0 Å². The van der Waals surface area contributed by atoms with Gasteiger partial charge in [0.15, 0.2) is 0 Å². The van der Waals surface area contributed by atoms with E-state index in [9.17, 15) is 19.2 Å². The molecule has 0 unspecified atom stereocenters. The summed E-state index contributed by atoms with van der Waals surface area (Å²) in [6.07, 6.45) is 6.32. The third-order valence-electron chi connectivity index (χ3n) is 2.81. The predicted molar refractivity (Wildman–Crippen MR) is 83.3 cm³/mol. The second kappa shape index (κ2) is 11.1. The van der Waals surface area contributed by atoms with Gasteiger partial charge in [-0.1, -0.05) is 0 Å². The molecule has 1 heterocycles. The SMILES string of the molecule is COC(=O)/C=C/C(=O)OCC(COC(=O)/C=C/C(=O)OC)n1cnnc1. The zero-order valence-electron chi connectivity index (χ0n) is 14.1. The maximum Gasteiger partial charge on any atom is 0.331 e. The Morgan fingerprint density at radius 2 is 1.19 bits per heavy atom. The molecule has 0 aliphatic carbocycles. The molecule has 11 heteroatoms. The molecule has 0 amide bonds. The van der Waals surface area contributed by atoms with Crippen LogP contribution < -0.4 is 0 Å². The molecular formula is C15H17N3O8. The number of hydrogen-bond acceptors (Lipinski definition) is 10. The highest BCUT2D eigenvalue weighted by Crippen LogP contribution is 2.07. The van der Waals surface area contributed by atoms with E-state index in [1.807, 2.05) is 0 Å². The van der Waals surface area contributed by atoms with E-state index in [1.165, 1.54) is 31.4 Å². The fourth-order valence-corrected chi connectivity index (χ4v) is 1.48. The van der Waals surface area contributed by atoms with Crippen molar-refractivity contribution in [2.24, 2.45) is 0 Å². The molecule has 1 rings (SSSR count). The lowest BCUT2D eigenvalue weighted by molar-refractivity contribution is -0.143. The van der Waals surface area contributed by atoms with Crippen LogP contribution in [0.25, 0.3) is 0 Å². The Bertz CT molecular complexity index is 639. The molecule has 0 aliphatic rings. The van der Waals surface area contributed by atoms with E-state index in [0.717, 1.165) is 24.3 Å². The zero-order chi connectivity index (χ0) is 19.4. The first-order valence-electron chi connectivity index (χ1n) is 7.16. The minimum absolute atomic E-state index is 0.184. The van der Waals surface area contributed by atoms with Gasteiger partial charge in [-0.05, 0) is 0 Å².